The van der Waals surface area contributed by atoms with E-state index in [1.807, 2.05) is 0 Å². The minimum atomic E-state index is -4.31. The first-order chi connectivity index (χ1) is 12.3. The van der Waals surface area contributed by atoms with Gasteiger partial charge in [0.1, 0.15) is 10.1 Å². The number of hydrogen-bond acceptors (Lipinski definition) is 5. The first-order valence-corrected chi connectivity index (χ1v) is 12.2. The number of aryl methyl sites for hydroxylation is 1. The van der Waals surface area contributed by atoms with Crippen LogP contribution < -0.4 is 0 Å². The Labute approximate surface area is 163 Å². The van der Waals surface area contributed by atoms with Crippen molar-refractivity contribution in [2.75, 3.05) is 0 Å². The summed E-state index contributed by atoms with van der Waals surface area (Å²) in [5.74, 6) is 0. The van der Waals surface area contributed by atoms with E-state index < -0.39 is 19.8 Å². The molecule has 0 spiro atoms. The van der Waals surface area contributed by atoms with Gasteiger partial charge in [0, 0.05) is 0 Å². The van der Waals surface area contributed by atoms with Gasteiger partial charge in [0.15, 0.2) is 0 Å². The van der Waals surface area contributed by atoms with Crippen molar-refractivity contribution >= 4 is 37.7 Å². The molecule has 7 heteroatoms. The summed E-state index contributed by atoms with van der Waals surface area (Å²) >= 11 is 4.09. The topological polar surface area (TPSA) is 57.2 Å². The maximum atomic E-state index is 10.8. The Morgan fingerprint density at radius 3 is 1.80 bits per heavy atom. The van der Waals surface area contributed by atoms with Crippen LogP contribution >= 0.6 is 0 Å². The molecule has 0 atom stereocenters. The summed E-state index contributed by atoms with van der Waals surface area (Å²) in [6.45, 7) is 6.86. The Morgan fingerprint density at radius 1 is 1.00 bits per heavy atom. The Hall–Kier alpha value is -0.235. The second-order valence-corrected chi connectivity index (χ2v) is 8.28. The Morgan fingerprint density at radius 2 is 1.40 bits per heavy atom. The Kier molecular flexibility index (Phi) is 14.6. The monoisotopic (exact) mass is 402 g/mol. The molecule has 143 valence electrons. The summed E-state index contributed by atoms with van der Waals surface area (Å²) in [6, 6.07) is 6.32. The fraction of sp³-hybridized carbons (Fsp3) is 0.667. The van der Waals surface area contributed by atoms with Gasteiger partial charge in [-0.15, -0.1) is 0 Å². The fourth-order valence-electron chi connectivity index (χ4n) is 2.64. The third-order valence-corrected chi connectivity index (χ3v) is 4.88. The molecule has 0 aliphatic carbocycles. The molecule has 0 heterocycles. The molecule has 0 aromatic heterocycles. The van der Waals surface area contributed by atoms with E-state index in [1.165, 1.54) is 69.9 Å². The van der Waals surface area contributed by atoms with Gasteiger partial charge in [-0.2, -0.15) is 0 Å². The van der Waals surface area contributed by atoms with Gasteiger partial charge in [-0.05, 0) is 30.5 Å². The van der Waals surface area contributed by atoms with Crippen LogP contribution in [0.25, 0.3) is 0 Å². The molecule has 0 unspecified atom stereocenters. The van der Waals surface area contributed by atoms with Gasteiger partial charge in [-0.1, -0.05) is 76.8 Å². The van der Waals surface area contributed by atoms with Crippen molar-refractivity contribution < 1.29 is 13.0 Å². The molecule has 0 saturated carbocycles. The second-order valence-electron chi connectivity index (χ2n) is 6.13. The van der Waals surface area contributed by atoms with E-state index in [-0.39, 0.29) is 4.90 Å². The van der Waals surface area contributed by atoms with Crippen LogP contribution in [0.3, 0.4) is 0 Å². The second kappa shape index (κ2) is 16.0. The predicted molar refractivity (Wildman–Crippen MR) is 112 cm³/mol. The molecule has 25 heavy (non-hydrogen) atoms. The molecule has 0 fully saturated rings. The number of unbranched alkanes of at least 4 members (excludes halogenated alkanes) is 9. The van der Waals surface area contributed by atoms with Gasteiger partial charge in [-0.3, -0.25) is 0 Å². The predicted octanol–water partition coefficient (Wildman–Crippen LogP) is 4.40. The normalized spacial score (nSPS) is 11.7. The molecule has 3 nitrogen and oxygen atoms in total. The van der Waals surface area contributed by atoms with Gasteiger partial charge in [0.05, 0.1) is 4.90 Å². The standard InChI is InChI=1S/C18H30O3S.BHS2/c1-2-3-4-5-6-7-8-9-10-11-12-17-13-15-18(16-14-17)22(19,20)21;1-3-2/h13-16H,2-12H2,1H3,(H,19,20,21);3H/q;-1/p-1/i;3D. The van der Waals surface area contributed by atoms with Crippen LogP contribution in [-0.2, 0) is 37.4 Å². The van der Waals surface area contributed by atoms with Crippen LogP contribution in [0.15, 0.2) is 29.2 Å². The number of hydrogen-bond donors (Lipinski definition) is 0. The van der Waals surface area contributed by atoms with Crippen LogP contribution in [0.4, 0.5) is 0 Å². The maximum absolute atomic E-state index is 10.8. The Balaban J connectivity index is 0.00000141. The van der Waals surface area contributed by atoms with E-state index in [4.69, 9.17) is 1.12 Å². The molecule has 1 rings (SSSR count). The van der Waals surface area contributed by atoms with Crippen LogP contribution in [0.5, 0.6) is 0 Å². The van der Waals surface area contributed by atoms with Crippen molar-refractivity contribution in [1.82, 2.24) is 0 Å². The third-order valence-electron chi connectivity index (χ3n) is 4.03. The van der Waals surface area contributed by atoms with Crippen molar-refractivity contribution in [3.63, 3.8) is 0 Å². The van der Waals surface area contributed by atoms with E-state index >= 15 is 0 Å². The number of benzene rings is 1. The minimum absolute atomic E-state index is 0.140. The van der Waals surface area contributed by atoms with E-state index in [0.29, 0.717) is 0 Å². The zero-order valence-electron chi connectivity index (χ0n) is 16.1. The summed E-state index contributed by atoms with van der Waals surface area (Å²) in [5.41, 5.74) is 1.10. The molecular formula is C18H30BO3S3-2. The summed E-state index contributed by atoms with van der Waals surface area (Å²) in [7, 11) is -5.34. The molecule has 0 aliphatic heterocycles. The first kappa shape index (κ1) is 22.8. The zero-order valence-corrected chi connectivity index (χ0v) is 17.6. The van der Waals surface area contributed by atoms with Crippen LogP contribution in [0.1, 0.15) is 76.7 Å². The molecule has 0 saturated heterocycles. The summed E-state index contributed by atoms with van der Waals surface area (Å²) < 4.78 is 38.7. The van der Waals surface area contributed by atoms with Crippen molar-refractivity contribution in [2.45, 2.75) is 82.4 Å². The quantitative estimate of drug-likeness (QED) is 0.171. The van der Waals surface area contributed by atoms with Crippen LogP contribution in [-0.4, -0.2) is 20.8 Å². The SMILES string of the molecule is CCCCCCCCCCCCc1ccc(S(=O)(=O)[O-])cc1.[2H][S-](=[B])=S. The molecule has 1 radical (unpaired) electrons. The van der Waals surface area contributed by atoms with Crippen LogP contribution in [0.2, 0.25) is 0 Å². The van der Waals surface area contributed by atoms with Crippen molar-refractivity contribution in [2.24, 2.45) is 0 Å². The van der Waals surface area contributed by atoms with Gasteiger partial charge >= 0.3 is 28.7 Å². The van der Waals surface area contributed by atoms with Crippen LogP contribution in [0, 0.1) is 0 Å². The fourth-order valence-corrected chi connectivity index (χ4v) is 3.11. The average molecular weight is 402 g/mol. The van der Waals surface area contributed by atoms with E-state index in [9.17, 15) is 13.0 Å². The number of rotatable bonds is 12. The third kappa shape index (κ3) is 14.6. The Bertz CT molecular complexity index is 636. The van der Waals surface area contributed by atoms with Gasteiger partial charge in [0.2, 0.25) is 0 Å². The first-order valence-electron chi connectivity index (χ1n) is 9.40. The molecular weight excluding hydrogens is 371 g/mol. The average Bonchev–Trinajstić information content (AvgIpc) is 2.56. The van der Waals surface area contributed by atoms with Crippen molar-refractivity contribution in [3.05, 3.63) is 29.8 Å². The molecule has 0 amide bonds. The van der Waals surface area contributed by atoms with Gasteiger partial charge in [-0.25, -0.2) is 8.42 Å². The molecule has 0 aliphatic rings. The molecule has 0 bridgehead atoms. The molecule has 1 aromatic rings. The van der Waals surface area contributed by atoms with E-state index in [2.05, 4.69) is 24.8 Å². The van der Waals surface area contributed by atoms with E-state index in [1.54, 1.807) is 12.1 Å². The summed E-state index contributed by atoms with van der Waals surface area (Å²) in [6.07, 6.45) is 14.0. The van der Waals surface area contributed by atoms with Crippen molar-refractivity contribution in [3.8, 4) is 0 Å². The van der Waals surface area contributed by atoms with Gasteiger partial charge in [0.25, 0.3) is 0 Å². The number of thiol groups is 1. The van der Waals surface area contributed by atoms with Crippen molar-refractivity contribution in [1.29, 1.82) is 1.12 Å². The van der Waals surface area contributed by atoms with Gasteiger partial charge < -0.3 is 4.55 Å². The summed E-state index contributed by atoms with van der Waals surface area (Å²) in [5, 5.41) is 0. The summed E-state index contributed by atoms with van der Waals surface area (Å²) in [4.78, 5) is -0.140. The molecule has 1 aromatic carbocycles. The van der Waals surface area contributed by atoms with E-state index in [0.717, 1.165) is 18.4 Å². The zero-order chi connectivity index (χ0) is 19.8. The molecule has 0 N–H and O–H groups in total.